The van der Waals surface area contributed by atoms with E-state index in [0.717, 1.165) is 11.3 Å². The maximum absolute atomic E-state index is 12.5. The third-order valence-corrected chi connectivity index (χ3v) is 4.36. The number of rotatable bonds is 2. The van der Waals surface area contributed by atoms with Crippen molar-refractivity contribution >= 4 is 34.1 Å². The highest BCUT2D eigenvalue weighted by atomic mass is 32.1. The number of nitrogen functional groups attached to an aromatic ring is 1. The molecule has 0 fully saturated rings. The van der Waals surface area contributed by atoms with Crippen LogP contribution in [0.3, 0.4) is 0 Å². The van der Waals surface area contributed by atoms with E-state index in [1.165, 1.54) is 11.3 Å². The highest BCUT2D eigenvalue weighted by Gasteiger charge is 2.28. The van der Waals surface area contributed by atoms with Crippen LogP contribution in [0.2, 0.25) is 0 Å². The monoisotopic (exact) mass is 339 g/mol. The number of benzene rings is 1. The van der Waals surface area contributed by atoms with Gasteiger partial charge in [0.05, 0.1) is 17.6 Å². The number of carbonyl (C=O) groups is 1. The predicted molar refractivity (Wildman–Crippen MR) is 92.7 cm³/mol. The van der Waals surface area contributed by atoms with Crippen LogP contribution in [0.25, 0.3) is 17.3 Å². The maximum Gasteiger partial charge on any atom is 0.293 e. The van der Waals surface area contributed by atoms with Gasteiger partial charge in [-0.15, -0.1) is 11.3 Å². The number of likely N-dealkylation sites (N-methyl/N-ethyl adjacent to an activating group) is 1. The van der Waals surface area contributed by atoms with Gasteiger partial charge in [0.25, 0.3) is 5.91 Å². The largest absolute Gasteiger partial charge is 0.465 e. The van der Waals surface area contributed by atoms with E-state index in [2.05, 4.69) is 4.98 Å². The Morgan fingerprint density at radius 2 is 2.21 bits per heavy atom. The Hall–Kier alpha value is -3.06. The number of carbonyl (C=O) groups excluding carboxylic acids is 1. The molecule has 1 aliphatic heterocycles. The number of hydrogen-bond acceptors (Lipinski definition) is 6. The van der Waals surface area contributed by atoms with Crippen LogP contribution in [0.5, 0.6) is 5.75 Å². The molecule has 0 atom stereocenters. The van der Waals surface area contributed by atoms with Crippen LogP contribution in [0.4, 0.5) is 10.8 Å². The molecule has 120 valence electrons. The van der Waals surface area contributed by atoms with Crippen molar-refractivity contribution in [3.8, 4) is 17.0 Å². The molecule has 3 aromatic rings. The highest BCUT2D eigenvalue weighted by Crippen LogP contribution is 2.38. The Kier molecular flexibility index (Phi) is 3.35. The van der Waals surface area contributed by atoms with Gasteiger partial charge in [-0.25, -0.2) is 4.98 Å². The fraction of sp³-hybridized carbons (Fsp3) is 0.0588. The Morgan fingerprint density at radius 1 is 1.33 bits per heavy atom. The quantitative estimate of drug-likeness (QED) is 0.724. The Labute approximate surface area is 141 Å². The molecule has 0 unspecified atom stereocenters. The summed E-state index contributed by atoms with van der Waals surface area (Å²) in [6.07, 6.45) is 3.13. The molecule has 1 aliphatic rings. The lowest BCUT2D eigenvalue weighted by molar-refractivity contribution is -0.117. The number of hydrogen-bond donors (Lipinski definition) is 1. The predicted octanol–water partition coefficient (Wildman–Crippen LogP) is 3.38. The molecule has 0 spiro atoms. The first-order valence-corrected chi connectivity index (χ1v) is 8.06. The summed E-state index contributed by atoms with van der Waals surface area (Å²) in [5, 5.41) is 2.39. The summed E-state index contributed by atoms with van der Waals surface area (Å²) < 4.78 is 11.0. The van der Waals surface area contributed by atoms with E-state index in [0.29, 0.717) is 22.3 Å². The minimum Gasteiger partial charge on any atom is -0.465 e. The maximum atomic E-state index is 12.5. The Morgan fingerprint density at radius 3 is 2.92 bits per heavy atom. The van der Waals surface area contributed by atoms with E-state index in [1.54, 1.807) is 36.4 Å². The van der Waals surface area contributed by atoms with Crippen molar-refractivity contribution in [3.63, 3.8) is 0 Å². The third-order valence-electron chi connectivity index (χ3n) is 3.69. The van der Waals surface area contributed by atoms with Crippen LogP contribution in [0.15, 0.2) is 52.2 Å². The highest BCUT2D eigenvalue weighted by molar-refractivity contribution is 7.13. The topological polar surface area (TPSA) is 81.6 Å². The Bertz CT molecular complexity index is 944. The molecule has 2 N–H and O–H groups in total. The number of amides is 1. The normalized spacial score (nSPS) is 15.5. The van der Waals surface area contributed by atoms with Crippen molar-refractivity contribution in [2.75, 3.05) is 17.7 Å². The first kappa shape index (κ1) is 14.5. The van der Waals surface area contributed by atoms with Crippen molar-refractivity contribution in [2.24, 2.45) is 0 Å². The van der Waals surface area contributed by atoms with E-state index < -0.39 is 0 Å². The molecule has 0 radical (unpaired) electrons. The molecule has 7 heteroatoms. The number of ether oxygens (including phenoxy) is 1. The van der Waals surface area contributed by atoms with Gasteiger partial charge in [0.1, 0.15) is 5.76 Å². The second-order valence-corrected chi connectivity index (χ2v) is 6.13. The minimum atomic E-state index is -0.242. The number of fused-ring (bicyclic) bond motifs is 1. The van der Waals surface area contributed by atoms with Gasteiger partial charge < -0.3 is 19.8 Å². The average Bonchev–Trinajstić information content (AvgIpc) is 3.24. The van der Waals surface area contributed by atoms with Gasteiger partial charge >= 0.3 is 0 Å². The lowest BCUT2D eigenvalue weighted by atomic mass is 10.1. The fourth-order valence-corrected chi connectivity index (χ4v) is 3.05. The number of thiazole rings is 1. The van der Waals surface area contributed by atoms with Crippen molar-refractivity contribution in [1.82, 2.24) is 4.98 Å². The van der Waals surface area contributed by atoms with Crippen LogP contribution < -0.4 is 15.4 Å². The molecule has 4 rings (SSSR count). The Balaban J connectivity index is 1.73. The first-order valence-electron chi connectivity index (χ1n) is 7.18. The smallest absolute Gasteiger partial charge is 0.293 e. The summed E-state index contributed by atoms with van der Waals surface area (Å²) in [5.74, 6) is 1.13. The van der Waals surface area contributed by atoms with E-state index in [9.17, 15) is 4.79 Å². The molecular weight excluding hydrogens is 326 g/mol. The molecule has 1 aromatic carbocycles. The van der Waals surface area contributed by atoms with Gasteiger partial charge in [0.2, 0.25) is 0 Å². The second kappa shape index (κ2) is 5.54. The molecule has 3 heterocycles. The third kappa shape index (κ3) is 2.44. The molecule has 1 amide bonds. The van der Waals surface area contributed by atoms with E-state index in [1.807, 2.05) is 23.6 Å². The van der Waals surface area contributed by atoms with Crippen LogP contribution in [-0.2, 0) is 4.79 Å². The standard InChI is InChI=1S/C17H13N3O3S/c1-20-13-7-10(12-9-24-17(18)19-12)4-5-14(13)23-15(16(20)21)8-11-3-2-6-22-11/h2-9H,1H3,(H2,18,19)/b15-8+. The van der Waals surface area contributed by atoms with E-state index >= 15 is 0 Å². The number of nitrogens with two attached hydrogens (primary N) is 1. The molecule has 0 bridgehead atoms. The van der Waals surface area contributed by atoms with Crippen molar-refractivity contribution in [2.45, 2.75) is 0 Å². The van der Waals surface area contributed by atoms with Gasteiger partial charge in [-0.05, 0) is 30.3 Å². The summed E-state index contributed by atoms with van der Waals surface area (Å²) in [7, 11) is 1.71. The summed E-state index contributed by atoms with van der Waals surface area (Å²) in [6.45, 7) is 0. The molecule has 0 saturated carbocycles. The van der Waals surface area contributed by atoms with Crippen molar-refractivity contribution < 1.29 is 13.9 Å². The van der Waals surface area contributed by atoms with Crippen LogP contribution in [0.1, 0.15) is 5.76 Å². The molecule has 24 heavy (non-hydrogen) atoms. The van der Waals surface area contributed by atoms with Crippen LogP contribution in [-0.4, -0.2) is 17.9 Å². The number of furan rings is 1. The van der Waals surface area contributed by atoms with Gasteiger partial charge in [-0.2, -0.15) is 0 Å². The molecule has 2 aromatic heterocycles. The summed E-state index contributed by atoms with van der Waals surface area (Å²) in [5.41, 5.74) is 8.02. The second-order valence-electron chi connectivity index (χ2n) is 5.24. The fourth-order valence-electron chi connectivity index (χ4n) is 2.48. The zero-order valence-corrected chi connectivity index (χ0v) is 13.5. The number of nitrogens with zero attached hydrogens (tertiary/aromatic N) is 2. The lowest BCUT2D eigenvalue weighted by Crippen LogP contribution is -2.33. The minimum absolute atomic E-state index is 0.214. The van der Waals surface area contributed by atoms with E-state index in [4.69, 9.17) is 14.9 Å². The van der Waals surface area contributed by atoms with E-state index in [-0.39, 0.29) is 11.7 Å². The molecular formula is C17H13N3O3S. The first-order chi connectivity index (χ1) is 11.6. The van der Waals surface area contributed by atoms with Crippen LogP contribution >= 0.6 is 11.3 Å². The lowest BCUT2D eigenvalue weighted by Gasteiger charge is -2.27. The SMILES string of the molecule is CN1C(=O)/C(=C\c2ccco2)Oc2ccc(-c3csc(N)n3)cc21. The zero-order chi connectivity index (χ0) is 16.7. The summed E-state index contributed by atoms with van der Waals surface area (Å²) in [6, 6.07) is 9.09. The van der Waals surface area contributed by atoms with Crippen molar-refractivity contribution in [3.05, 3.63) is 53.5 Å². The van der Waals surface area contributed by atoms with Gasteiger partial charge in [-0.3, -0.25) is 4.79 Å². The summed E-state index contributed by atoms with van der Waals surface area (Å²) in [4.78, 5) is 18.3. The van der Waals surface area contributed by atoms with Gasteiger partial charge in [-0.1, -0.05) is 0 Å². The summed E-state index contributed by atoms with van der Waals surface area (Å²) >= 11 is 1.38. The molecule has 0 aliphatic carbocycles. The van der Waals surface area contributed by atoms with Crippen molar-refractivity contribution in [1.29, 1.82) is 0 Å². The van der Waals surface area contributed by atoms with Crippen LogP contribution in [0, 0.1) is 0 Å². The van der Waals surface area contributed by atoms with Gasteiger partial charge in [0, 0.05) is 24.1 Å². The number of aromatic nitrogens is 1. The van der Waals surface area contributed by atoms with Gasteiger partial charge in [0.15, 0.2) is 16.6 Å². The zero-order valence-electron chi connectivity index (χ0n) is 12.7. The average molecular weight is 339 g/mol. The molecule has 0 saturated heterocycles. The number of anilines is 2. The molecule has 6 nitrogen and oxygen atoms in total.